The van der Waals surface area contributed by atoms with Gasteiger partial charge in [0.25, 0.3) is 0 Å². The highest BCUT2D eigenvalue weighted by molar-refractivity contribution is 5.53. The van der Waals surface area contributed by atoms with Gasteiger partial charge in [0.2, 0.25) is 0 Å². The molecule has 0 aromatic heterocycles. The van der Waals surface area contributed by atoms with Gasteiger partial charge in [-0.2, -0.15) is 0 Å². The quantitative estimate of drug-likeness (QED) is 0.832. The highest BCUT2D eigenvalue weighted by atomic mass is 16.5. The molecular formula is C19H25NO. The van der Waals surface area contributed by atoms with Gasteiger partial charge >= 0.3 is 0 Å². The molecule has 0 aliphatic heterocycles. The molecule has 1 atom stereocenters. The van der Waals surface area contributed by atoms with Crippen LogP contribution in [0.25, 0.3) is 0 Å². The summed E-state index contributed by atoms with van der Waals surface area (Å²) in [6.45, 7) is 7.27. The number of hydrogen-bond acceptors (Lipinski definition) is 2. The van der Waals surface area contributed by atoms with Crippen LogP contribution < -0.4 is 5.32 Å². The van der Waals surface area contributed by atoms with Crippen LogP contribution in [0.15, 0.2) is 42.5 Å². The third-order valence-corrected chi connectivity index (χ3v) is 4.00. The Bertz CT molecular complexity index is 592. The van der Waals surface area contributed by atoms with E-state index in [-0.39, 0.29) is 6.04 Å². The summed E-state index contributed by atoms with van der Waals surface area (Å²) >= 11 is 0. The van der Waals surface area contributed by atoms with Gasteiger partial charge in [-0.25, -0.2) is 0 Å². The highest BCUT2D eigenvalue weighted by Crippen LogP contribution is 2.24. The summed E-state index contributed by atoms with van der Waals surface area (Å²) in [5, 5.41) is 3.63. The Kier molecular flexibility index (Phi) is 5.40. The topological polar surface area (TPSA) is 21.3 Å². The lowest BCUT2D eigenvalue weighted by molar-refractivity contribution is 0.202. The first-order chi connectivity index (χ1) is 10.1. The standard InChI is InChI=1S/C19H25NO/c1-14-9-10-18(13-15(14)2)16(3)20-19-8-6-5-7-17(19)11-12-21-4/h5-10,13,16,20H,11-12H2,1-4H3. The molecule has 1 unspecified atom stereocenters. The van der Waals surface area contributed by atoms with Crippen LogP contribution in [0.5, 0.6) is 0 Å². The first kappa shape index (κ1) is 15.6. The van der Waals surface area contributed by atoms with E-state index in [1.165, 1.54) is 27.9 Å². The van der Waals surface area contributed by atoms with Gasteiger partial charge in [0.05, 0.1) is 6.61 Å². The summed E-state index contributed by atoms with van der Waals surface area (Å²) in [4.78, 5) is 0. The SMILES string of the molecule is COCCc1ccccc1NC(C)c1ccc(C)c(C)c1. The van der Waals surface area contributed by atoms with Crippen LogP contribution in [0.3, 0.4) is 0 Å². The van der Waals surface area contributed by atoms with Crippen molar-refractivity contribution in [2.24, 2.45) is 0 Å². The maximum Gasteiger partial charge on any atom is 0.0503 e. The lowest BCUT2D eigenvalue weighted by atomic mass is 10.0. The molecule has 21 heavy (non-hydrogen) atoms. The van der Waals surface area contributed by atoms with Crippen LogP contribution in [0.2, 0.25) is 0 Å². The van der Waals surface area contributed by atoms with E-state index in [2.05, 4.69) is 68.6 Å². The van der Waals surface area contributed by atoms with Crippen molar-refractivity contribution in [2.75, 3.05) is 19.0 Å². The second-order valence-electron chi connectivity index (χ2n) is 5.61. The van der Waals surface area contributed by atoms with Gasteiger partial charge in [0.15, 0.2) is 0 Å². The van der Waals surface area contributed by atoms with E-state index >= 15 is 0 Å². The average molecular weight is 283 g/mol. The first-order valence-corrected chi connectivity index (χ1v) is 7.52. The number of hydrogen-bond donors (Lipinski definition) is 1. The van der Waals surface area contributed by atoms with Gasteiger partial charge in [-0.1, -0.05) is 36.4 Å². The summed E-state index contributed by atoms with van der Waals surface area (Å²) in [5.74, 6) is 0. The van der Waals surface area contributed by atoms with E-state index in [0.29, 0.717) is 0 Å². The zero-order valence-corrected chi connectivity index (χ0v) is 13.4. The van der Waals surface area contributed by atoms with Gasteiger partial charge in [-0.15, -0.1) is 0 Å². The van der Waals surface area contributed by atoms with E-state index in [9.17, 15) is 0 Å². The highest BCUT2D eigenvalue weighted by Gasteiger charge is 2.09. The molecule has 2 aromatic carbocycles. The van der Waals surface area contributed by atoms with Crippen LogP contribution in [-0.2, 0) is 11.2 Å². The fourth-order valence-electron chi connectivity index (χ4n) is 2.44. The largest absolute Gasteiger partial charge is 0.384 e. The van der Waals surface area contributed by atoms with Crippen LogP contribution in [0.1, 0.15) is 35.2 Å². The van der Waals surface area contributed by atoms with E-state index < -0.39 is 0 Å². The normalized spacial score (nSPS) is 12.2. The number of rotatable bonds is 6. The fourth-order valence-corrected chi connectivity index (χ4v) is 2.44. The third-order valence-electron chi connectivity index (χ3n) is 4.00. The molecule has 0 bridgehead atoms. The van der Waals surface area contributed by atoms with Crippen molar-refractivity contribution < 1.29 is 4.74 Å². The number of ether oxygens (including phenoxy) is 1. The van der Waals surface area contributed by atoms with Gasteiger partial charge in [0, 0.05) is 18.8 Å². The first-order valence-electron chi connectivity index (χ1n) is 7.52. The maximum atomic E-state index is 5.19. The fraction of sp³-hybridized carbons (Fsp3) is 0.368. The van der Waals surface area contributed by atoms with Crippen LogP contribution >= 0.6 is 0 Å². The maximum absolute atomic E-state index is 5.19. The van der Waals surface area contributed by atoms with Crippen molar-refractivity contribution in [2.45, 2.75) is 33.2 Å². The van der Waals surface area contributed by atoms with Crippen molar-refractivity contribution in [3.63, 3.8) is 0 Å². The number of methoxy groups -OCH3 is 1. The third kappa shape index (κ3) is 4.08. The summed E-state index contributed by atoms with van der Waals surface area (Å²) in [6, 6.07) is 15.4. The smallest absolute Gasteiger partial charge is 0.0503 e. The molecule has 0 heterocycles. The molecule has 1 N–H and O–H groups in total. The number of aryl methyl sites for hydroxylation is 2. The van der Waals surface area contributed by atoms with Crippen molar-refractivity contribution in [3.8, 4) is 0 Å². The molecule has 0 radical (unpaired) electrons. The van der Waals surface area contributed by atoms with Crippen molar-refractivity contribution >= 4 is 5.69 Å². The van der Waals surface area contributed by atoms with E-state index in [1.807, 2.05) is 0 Å². The molecule has 2 heteroatoms. The Balaban J connectivity index is 2.15. The zero-order chi connectivity index (χ0) is 15.2. The molecule has 0 aliphatic rings. The van der Waals surface area contributed by atoms with E-state index in [0.717, 1.165) is 13.0 Å². The molecule has 0 amide bonds. The second-order valence-corrected chi connectivity index (χ2v) is 5.61. The summed E-state index contributed by atoms with van der Waals surface area (Å²) in [6.07, 6.45) is 0.930. The Morgan fingerprint density at radius 2 is 1.81 bits per heavy atom. The van der Waals surface area contributed by atoms with Crippen LogP contribution in [0.4, 0.5) is 5.69 Å². The molecule has 0 saturated heterocycles. The van der Waals surface area contributed by atoms with E-state index in [1.54, 1.807) is 7.11 Å². The van der Waals surface area contributed by atoms with Gasteiger partial charge in [-0.05, 0) is 55.5 Å². The van der Waals surface area contributed by atoms with Crippen molar-refractivity contribution in [1.82, 2.24) is 0 Å². The van der Waals surface area contributed by atoms with Crippen LogP contribution in [-0.4, -0.2) is 13.7 Å². The molecule has 2 nitrogen and oxygen atoms in total. The Labute approximate surface area is 128 Å². The summed E-state index contributed by atoms with van der Waals surface area (Å²) in [5.41, 5.74) is 6.50. The zero-order valence-electron chi connectivity index (χ0n) is 13.4. The molecule has 112 valence electrons. The number of nitrogens with one attached hydrogen (secondary N) is 1. The minimum absolute atomic E-state index is 0.285. The summed E-state index contributed by atoms with van der Waals surface area (Å²) < 4.78 is 5.19. The molecule has 2 aromatic rings. The van der Waals surface area contributed by atoms with E-state index in [4.69, 9.17) is 4.74 Å². The predicted octanol–water partition coefficient (Wildman–Crippen LogP) is 4.67. The van der Waals surface area contributed by atoms with Crippen molar-refractivity contribution in [1.29, 1.82) is 0 Å². The molecule has 0 saturated carbocycles. The molecular weight excluding hydrogens is 258 g/mol. The predicted molar refractivity (Wildman–Crippen MR) is 90.0 cm³/mol. The van der Waals surface area contributed by atoms with Gasteiger partial charge in [0.1, 0.15) is 0 Å². The minimum atomic E-state index is 0.285. The van der Waals surface area contributed by atoms with Crippen molar-refractivity contribution in [3.05, 3.63) is 64.7 Å². The van der Waals surface area contributed by atoms with Crippen LogP contribution in [0, 0.1) is 13.8 Å². The molecule has 0 fully saturated rings. The number of para-hydroxylation sites is 1. The monoisotopic (exact) mass is 283 g/mol. The Morgan fingerprint density at radius 1 is 1.05 bits per heavy atom. The summed E-state index contributed by atoms with van der Waals surface area (Å²) in [7, 11) is 1.74. The average Bonchev–Trinajstić information content (AvgIpc) is 2.49. The molecule has 0 aliphatic carbocycles. The number of benzene rings is 2. The van der Waals surface area contributed by atoms with Gasteiger partial charge < -0.3 is 10.1 Å². The Morgan fingerprint density at radius 3 is 2.52 bits per heavy atom. The lowest BCUT2D eigenvalue weighted by Crippen LogP contribution is -2.09. The molecule has 0 spiro atoms. The second kappa shape index (κ2) is 7.28. The number of anilines is 1. The molecule has 2 rings (SSSR count). The lowest BCUT2D eigenvalue weighted by Gasteiger charge is -2.19. The van der Waals surface area contributed by atoms with Gasteiger partial charge in [-0.3, -0.25) is 0 Å². The minimum Gasteiger partial charge on any atom is -0.384 e. The Hall–Kier alpha value is -1.80.